The summed E-state index contributed by atoms with van der Waals surface area (Å²) < 4.78 is 5.04. The van der Waals surface area contributed by atoms with Crippen LogP contribution in [0, 0.1) is 11.8 Å². The lowest BCUT2D eigenvalue weighted by Crippen LogP contribution is -2.32. The summed E-state index contributed by atoms with van der Waals surface area (Å²) >= 11 is 0. The molecule has 1 unspecified atom stereocenters. The van der Waals surface area contributed by atoms with Crippen molar-refractivity contribution in [3.05, 3.63) is 29.6 Å². The smallest absolute Gasteiger partial charge is 0.269 e. The number of nitrogens with zero attached hydrogens (tertiary/aromatic N) is 1. The van der Waals surface area contributed by atoms with Crippen LogP contribution in [0.1, 0.15) is 29.4 Å². The number of aromatic nitrogens is 1. The fourth-order valence-corrected chi connectivity index (χ4v) is 1.23. The number of carbonyl (C=O) groups is 1. The highest BCUT2D eigenvalue weighted by Crippen LogP contribution is 1.99. The number of carbonyl (C=O) groups excluding carboxylic acids is 1. The molecule has 0 bridgehead atoms. The zero-order valence-electron chi connectivity index (χ0n) is 11.1. The summed E-state index contributed by atoms with van der Waals surface area (Å²) in [5.74, 6) is 5.40. The topological polar surface area (TPSA) is 71.5 Å². The number of methoxy groups -OCH3 is 1. The van der Waals surface area contributed by atoms with Crippen LogP contribution in [0.4, 0.5) is 0 Å². The molecule has 5 heteroatoms. The first-order valence-corrected chi connectivity index (χ1v) is 6.04. The first-order chi connectivity index (χ1) is 9.17. The van der Waals surface area contributed by atoms with E-state index < -0.39 is 0 Å². The summed E-state index contributed by atoms with van der Waals surface area (Å²) in [5.41, 5.74) is 1.06. The standard InChI is InChI=1S/C14H18N2O3/c1-11(19-2)9-16-14(18)13-7-6-12(10-15-13)5-3-4-8-17/h6-7,10-11,17H,4,8-9H2,1-2H3,(H,16,18). The van der Waals surface area contributed by atoms with Gasteiger partial charge in [-0.15, -0.1) is 0 Å². The minimum atomic E-state index is -0.237. The third-order valence-electron chi connectivity index (χ3n) is 2.42. The van der Waals surface area contributed by atoms with Gasteiger partial charge in [-0.25, -0.2) is 4.98 Å². The molecule has 1 rings (SSSR count). The lowest BCUT2D eigenvalue weighted by molar-refractivity contribution is 0.0866. The molecular weight excluding hydrogens is 244 g/mol. The molecule has 1 aromatic heterocycles. The van der Waals surface area contributed by atoms with Crippen molar-refractivity contribution in [2.45, 2.75) is 19.4 Å². The largest absolute Gasteiger partial charge is 0.395 e. The average Bonchev–Trinajstić information content (AvgIpc) is 2.45. The third kappa shape index (κ3) is 5.51. The highest BCUT2D eigenvalue weighted by Gasteiger charge is 2.08. The van der Waals surface area contributed by atoms with Gasteiger partial charge in [0.1, 0.15) is 5.69 Å². The second-order valence-electron chi connectivity index (χ2n) is 3.96. The molecule has 0 spiro atoms. The van der Waals surface area contributed by atoms with Gasteiger partial charge in [0.15, 0.2) is 0 Å². The maximum absolute atomic E-state index is 11.7. The van der Waals surface area contributed by atoms with E-state index in [1.807, 2.05) is 6.92 Å². The Morgan fingerprint density at radius 1 is 1.58 bits per heavy atom. The highest BCUT2D eigenvalue weighted by molar-refractivity contribution is 5.92. The molecule has 1 amide bonds. The van der Waals surface area contributed by atoms with Crippen molar-refractivity contribution in [3.63, 3.8) is 0 Å². The van der Waals surface area contributed by atoms with Crippen LogP contribution in [0.5, 0.6) is 0 Å². The molecule has 0 saturated carbocycles. The van der Waals surface area contributed by atoms with E-state index >= 15 is 0 Å². The van der Waals surface area contributed by atoms with E-state index in [2.05, 4.69) is 22.1 Å². The van der Waals surface area contributed by atoms with Crippen molar-refractivity contribution in [2.75, 3.05) is 20.3 Å². The Bertz CT molecular complexity index is 460. The van der Waals surface area contributed by atoms with Crippen molar-refractivity contribution < 1.29 is 14.6 Å². The van der Waals surface area contributed by atoms with E-state index in [9.17, 15) is 4.79 Å². The SMILES string of the molecule is COC(C)CNC(=O)c1ccc(C#CCCO)cn1. The molecule has 0 radical (unpaired) electrons. The van der Waals surface area contributed by atoms with Crippen molar-refractivity contribution in [3.8, 4) is 11.8 Å². The van der Waals surface area contributed by atoms with Crippen molar-refractivity contribution in [2.24, 2.45) is 0 Å². The fourth-order valence-electron chi connectivity index (χ4n) is 1.23. The van der Waals surface area contributed by atoms with Gasteiger partial charge in [-0.05, 0) is 19.1 Å². The van der Waals surface area contributed by atoms with E-state index in [1.165, 1.54) is 0 Å². The third-order valence-corrected chi connectivity index (χ3v) is 2.42. The van der Waals surface area contributed by atoms with Gasteiger partial charge in [-0.1, -0.05) is 11.8 Å². The van der Waals surface area contributed by atoms with Crippen LogP contribution in [0.3, 0.4) is 0 Å². The van der Waals surface area contributed by atoms with Gasteiger partial charge in [0.05, 0.1) is 12.7 Å². The van der Waals surface area contributed by atoms with Gasteiger partial charge < -0.3 is 15.2 Å². The van der Waals surface area contributed by atoms with Crippen LogP contribution in [0.25, 0.3) is 0 Å². The van der Waals surface area contributed by atoms with Gasteiger partial charge >= 0.3 is 0 Å². The number of amides is 1. The van der Waals surface area contributed by atoms with Crippen LogP contribution < -0.4 is 5.32 Å². The quantitative estimate of drug-likeness (QED) is 0.761. The summed E-state index contributed by atoms with van der Waals surface area (Å²) in [5, 5.41) is 11.3. The van der Waals surface area contributed by atoms with Gasteiger partial charge in [0, 0.05) is 31.8 Å². The molecule has 1 atom stereocenters. The molecular formula is C14H18N2O3. The summed E-state index contributed by atoms with van der Waals surface area (Å²) in [4.78, 5) is 15.8. The Morgan fingerprint density at radius 2 is 2.37 bits per heavy atom. The highest BCUT2D eigenvalue weighted by atomic mass is 16.5. The predicted octanol–water partition coefficient (Wildman–Crippen LogP) is 0.580. The molecule has 19 heavy (non-hydrogen) atoms. The van der Waals surface area contributed by atoms with Crippen LogP contribution in [-0.2, 0) is 4.74 Å². The Morgan fingerprint density at radius 3 is 2.95 bits per heavy atom. The van der Waals surface area contributed by atoms with Crippen LogP contribution >= 0.6 is 0 Å². The van der Waals surface area contributed by atoms with Gasteiger partial charge in [0.25, 0.3) is 5.91 Å². The lowest BCUT2D eigenvalue weighted by atomic mass is 10.2. The molecule has 0 fully saturated rings. The molecule has 102 valence electrons. The Balaban J connectivity index is 2.56. The van der Waals surface area contributed by atoms with Crippen LogP contribution in [0.2, 0.25) is 0 Å². The summed E-state index contributed by atoms with van der Waals surface area (Å²) in [6.45, 7) is 2.35. The number of hydrogen-bond acceptors (Lipinski definition) is 4. The first kappa shape index (κ1) is 15.2. The minimum absolute atomic E-state index is 0.0347. The number of hydrogen-bond donors (Lipinski definition) is 2. The molecule has 5 nitrogen and oxygen atoms in total. The van der Waals surface area contributed by atoms with Gasteiger partial charge in [0.2, 0.25) is 0 Å². The fraction of sp³-hybridized carbons (Fsp3) is 0.429. The van der Waals surface area contributed by atoms with Crippen molar-refractivity contribution >= 4 is 5.91 Å². The average molecular weight is 262 g/mol. The Labute approximate surface area is 113 Å². The maximum atomic E-state index is 11.7. The van der Waals surface area contributed by atoms with E-state index in [0.29, 0.717) is 18.7 Å². The molecule has 0 aliphatic heterocycles. The van der Waals surface area contributed by atoms with Gasteiger partial charge in [-0.3, -0.25) is 4.79 Å². The molecule has 0 aromatic carbocycles. The Kier molecular flexibility index (Phi) is 6.58. The number of pyridine rings is 1. The van der Waals surface area contributed by atoms with E-state index in [-0.39, 0.29) is 18.6 Å². The summed E-state index contributed by atoms with van der Waals surface area (Å²) in [6.07, 6.45) is 1.93. The first-order valence-electron chi connectivity index (χ1n) is 6.04. The van der Waals surface area contributed by atoms with E-state index in [4.69, 9.17) is 9.84 Å². The van der Waals surface area contributed by atoms with Crippen LogP contribution in [0.15, 0.2) is 18.3 Å². The summed E-state index contributed by atoms with van der Waals surface area (Å²) in [6, 6.07) is 3.35. The number of nitrogens with one attached hydrogen (secondary N) is 1. The van der Waals surface area contributed by atoms with E-state index in [1.54, 1.807) is 25.4 Å². The molecule has 0 aliphatic rings. The van der Waals surface area contributed by atoms with Crippen molar-refractivity contribution in [1.29, 1.82) is 0 Å². The predicted molar refractivity (Wildman–Crippen MR) is 71.6 cm³/mol. The number of aliphatic hydroxyl groups is 1. The molecule has 0 aliphatic carbocycles. The van der Waals surface area contributed by atoms with Crippen LogP contribution in [-0.4, -0.2) is 42.4 Å². The Hall–Kier alpha value is -1.90. The number of aliphatic hydroxyl groups excluding tert-OH is 1. The minimum Gasteiger partial charge on any atom is -0.395 e. The number of rotatable bonds is 5. The lowest BCUT2D eigenvalue weighted by Gasteiger charge is -2.10. The van der Waals surface area contributed by atoms with E-state index in [0.717, 1.165) is 5.56 Å². The van der Waals surface area contributed by atoms with Gasteiger partial charge in [-0.2, -0.15) is 0 Å². The number of ether oxygens (including phenoxy) is 1. The zero-order valence-corrected chi connectivity index (χ0v) is 11.1. The molecule has 1 aromatic rings. The second-order valence-corrected chi connectivity index (χ2v) is 3.96. The normalized spacial score (nSPS) is 11.3. The molecule has 1 heterocycles. The maximum Gasteiger partial charge on any atom is 0.269 e. The molecule has 0 saturated heterocycles. The molecule has 2 N–H and O–H groups in total. The monoisotopic (exact) mass is 262 g/mol. The van der Waals surface area contributed by atoms with Crippen molar-refractivity contribution in [1.82, 2.24) is 10.3 Å². The second kappa shape index (κ2) is 8.25. The zero-order chi connectivity index (χ0) is 14.1. The summed E-state index contributed by atoms with van der Waals surface area (Å²) in [7, 11) is 1.59.